The molecular formula is C26H23FN8Na2O10S3. The Bertz CT molecular complexity index is 2360. The number of pyridine rings is 1. The van der Waals surface area contributed by atoms with Crippen molar-refractivity contribution in [2.75, 3.05) is 10.6 Å². The van der Waals surface area contributed by atoms with Crippen molar-refractivity contribution in [1.29, 1.82) is 0 Å². The van der Waals surface area contributed by atoms with Crippen molar-refractivity contribution in [3.05, 3.63) is 82.0 Å². The summed E-state index contributed by atoms with van der Waals surface area (Å²) < 4.78 is 109. The predicted octanol–water partition coefficient (Wildman–Crippen LogP) is -3.02. The molecule has 18 nitrogen and oxygen atoms in total. The molecule has 0 atom stereocenters. The number of aromatic hydroxyl groups is 1. The van der Waals surface area contributed by atoms with Gasteiger partial charge in [0.1, 0.15) is 15.8 Å². The predicted molar refractivity (Wildman–Crippen MR) is 165 cm³/mol. The van der Waals surface area contributed by atoms with E-state index in [9.17, 15) is 48.7 Å². The molecule has 2 aromatic carbocycles. The van der Waals surface area contributed by atoms with E-state index in [-0.39, 0.29) is 93.4 Å². The molecule has 0 unspecified atom stereocenters. The smallest absolute Gasteiger partial charge is 0.748 e. The van der Waals surface area contributed by atoms with E-state index < -0.39 is 81.1 Å². The average molecular weight is 769 g/mol. The van der Waals surface area contributed by atoms with Gasteiger partial charge in [-0.1, -0.05) is 6.58 Å². The third-order valence-electron chi connectivity index (χ3n) is 6.43. The molecule has 4 aromatic rings. The van der Waals surface area contributed by atoms with Crippen molar-refractivity contribution in [2.24, 2.45) is 10.2 Å². The maximum Gasteiger partial charge on any atom is 1.00 e. The first-order chi connectivity index (χ1) is 22.3. The van der Waals surface area contributed by atoms with E-state index in [1.165, 1.54) is 38.1 Å². The van der Waals surface area contributed by atoms with Gasteiger partial charge in [0, 0.05) is 28.9 Å². The fraction of sp³-hybridized carbons (Fsp3) is 0.154. The number of sulfone groups is 1. The monoisotopic (exact) mass is 768 g/mol. The first-order valence-electron chi connectivity index (χ1n) is 13.2. The zero-order valence-corrected chi connectivity index (χ0v) is 33.1. The average Bonchev–Trinajstić information content (AvgIpc) is 2.98. The van der Waals surface area contributed by atoms with Crippen molar-refractivity contribution in [3.8, 4) is 5.88 Å². The molecule has 3 N–H and O–H groups in total. The van der Waals surface area contributed by atoms with Crippen molar-refractivity contribution in [2.45, 2.75) is 35.9 Å². The maximum atomic E-state index is 14.3. The second-order valence-electron chi connectivity index (χ2n) is 9.60. The molecule has 0 saturated carbocycles. The molecule has 0 aliphatic rings. The zero-order valence-electron chi connectivity index (χ0n) is 26.6. The normalized spacial score (nSPS) is 11.8. The Morgan fingerprint density at radius 1 is 0.940 bits per heavy atom. The van der Waals surface area contributed by atoms with Crippen molar-refractivity contribution in [1.82, 2.24) is 19.5 Å². The number of nitrogens with zero attached hydrogens (tertiary/aromatic N) is 6. The van der Waals surface area contributed by atoms with Gasteiger partial charge >= 0.3 is 65.2 Å². The largest absolute Gasteiger partial charge is 1.00 e. The van der Waals surface area contributed by atoms with Gasteiger partial charge in [0.05, 0.1) is 25.7 Å². The van der Waals surface area contributed by atoms with Crippen LogP contribution in [0, 0.1) is 13.0 Å². The fourth-order valence-corrected chi connectivity index (χ4v) is 6.15. The molecule has 0 aliphatic carbocycles. The number of hydrogen-bond acceptors (Lipinski definition) is 17. The number of benzene rings is 2. The van der Waals surface area contributed by atoms with Crippen molar-refractivity contribution >= 4 is 64.7 Å². The SMILES string of the molecule is C=CS(=O)(=O)c1ccc(Nc2nc(F)nc(Nc3ccc(S(=O)(=O)[O-])c(N=Nc4c(C)c(CS(=O)(=O)[O-])c(O)n(CC)c4=O)c3)n2)cc1.[Na+].[Na+]. The molecule has 2 heterocycles. The van der Waals surface area contributed by atoms with E-state index in [4.69, 9.17) is 0 Å². The topological polar surface area (TPSA) is 278 Å². The molecule has 0 bridgehead atoms. The second kappa shape index (κ2) is 16.9. The maximum absolute atomic E-state index is 14.3. The Morgan fingerprint density at radius 2 is 1.50 bits per heavy atom. The van der Waals surface area contributed by atoms with Crippen LogP contribution < -0.4 is 75.3 Å². The number of rotatable bonds is 12. The van der Waals surface area contributed by atoms with Gasteiger partial charge in [-0.05, 0) is 61.9 Å². The molecule has 0 radical (unpaired) electrons. The van der Waals surface area contributed by atoms with Crippen LogP contribution in [-0.2, 0) is 42.4 Å². The number of anilines is 4. The Kier molecular flexibility index (Phi) is 14.5. The molecule has 0 amide bonds. The molecular weight excluding hydrogens is 746 g/mol. The van der Waals surface area contributed by atoms with Crippen molar-refractivity contribution in [3.63, 3.8) is 0 Å². The van der Waals surface area contributed by atoms with Gasteiger partial charge in [-0.25, -0.2) is 25.3 Å². The number of hydrogen-bond donors (Lipinski definition) is 3. The summed E-state index contributed by atoms with van der Waals surface area (Å²) in [5.41, 5.74) is -2.63. The van der Waals surface area contributed by atoms with Crippen molar-refractivity contribution < 1.29 is 103 Å². The van der Waals surface area contributed by atoms with Gasteiger partial charge in [-0.3, -0.25) is 9.36 Å². The van der Waals surface area contributed by atoms with E-state index in [0.717, 1.165) is 23.6 Å². The number of aromatic nitrogens is 4. The van der Waals surface area contributed by atoms with E-state index in [0.29, 0.717) is 4.57 Å². The van der Waals surface area contributed by atoms with Crippen LogP contribution in [0.2, 0.25) is 0 Å². The molecule has 0 fully saturated rings. The van der Waals surface area contributed by atoms with E-state index in [1.54, 1.807) is 0 Å². The van der Waals surface area contributed by atoms with Crippen LogP contribution in [0.15, 0.2) is 79.3 Å². The van der Waals surface area contributed by atoms with Crippen LogP contribution in [0.25, 0.3) is 0 Å². The second-order valence-corrected chi connectivity index (χ2v) is 14.2. The van der Waals surface area contributed by atoms with Gasteiger partial charge in [0.25, 0.3) is 5.56 Å². The first kappa shape index (κ1) is 43.0. The molecule has 0 saturated heterocycles. The van der Waals surface area contributed by atoms with Gasteiger partial charge in [-0.2, -0.15) is 19.3 Å². The minimum Gasteiger partial charge on any atom is -0.748 e. The summed E-state index contributed by atoms with van der Waals surface area (Å²) in [4.78, 5) is 23.1. The van der Waals surface area contributed by atoms with E-state index in [1.807, 2.05) is 0 Å². The zero-order chi connectivity index (χ0) is 35.6. The van der Waals surface area contributed by atoms with Crippen LogP contribution in [0.3, 0.4) is 0 Å². The third kappa shape index (κ3) is 10.4. The first-order valence-corrected chi connectivity index (χ1v) is 17.7. The van der Waals surface area contributed by atoms with E-state index >= 15 is 0 Å². The quantitative estimate of drug-likeness (QED) is 0.0735. The van der Waals surface area contributed by atoms with Crippen LogP contribution in [0.1, 0.15) is 18.1 Å². The minimum absolute atomic E-state index is 0. The Hall–Kier alpha value is -3.16. The Labute approximate surface area is 329 Å². The van der Waals surface area contributed by atoms with E-state index in [2.05, 4.69) is 42.4 Å². The summed E-state index contributed by atoms with van der Waals surface area (Å²) in [6, 6.07) is 8.14. The summed E-state index contributed by atoms with van der Waals surface area (Å²) in [7, 11) is -13.8. The molecule has 2 aromatic heterocycles. The third-order valence-corrected chi connectivity index (χ3v) is 9.32. The Morgan fingerprint density at radius 3 is 2.02 bits per heavy atom. The summed E-state index contributed by atoms with van der Waals surface area (Å²) in [5, 5.41) is 23.9. The summed E-state index contributed by atoms with van der Waals surface area (Å²) in [5.74, 6) is -2.73. The van der Waals surface area contributed by atoms with Crippen LogP contribution >= 0.6 is 0 Å². The fourth-order valence-electron chi connectivity index (χ4n) is 4.15. The summed E-state index contributed by atoms with van der Waals surface area (Å²) >= 11 is 0. The molecule has 4 rings (SSSR count). The van der Waals surface area contributed by atoms with Gasteiger partial charge < -0.3 is 24.8 Å². The standard InChI is InChI=1S/C26H25FN8O10S3.2Na/c1-4-35-22(36)18(13-47(40,41)42)14(3)21(23(35)37)34-33-19-12-16(8-11-20(19)48(43,44)45)29-26-31-24(27)30-25(32-26)28-15-6-9-17(10-7-15)46(38,39)5-2;;/h5-12,36H,2,4,13H2,1,3H3,(H,40,41,42)(H,43,44,45)(H2,28,29,30,31,32);;/q;2*+1/p-2. The summed E-state index contributed by atoms with van der Waals surface area (Å²) in [6.45, 7) is 5.67. The molecule has 0 spiro atoms. The number of halogens is 1. The Balaban J connectivity index is 0.00000433. The summed E-state index contributed by atoms with van der Waals surface area (Å²) in [6.07, 6.45) is -1.26. The van der Waals surface area contributed by atoms with Crippen LogP contribution in [0.5, 0.6) is 5.88 Å². The number of nitrogens with one attached hydrogen (secondary N) is 2. The van der Waals surface area contributed by atoms with Crippen LogP contribution in [0.4, 0.5) is 39.0 Å². The molecule has 50 heavy (non-hydrogen) atoms. The van der Waals surface area contributed by atoms with Gasteiger partial charge in [0.2, 0.25) is 11.9 Å². The van der Waals surface area contributed by atoms with Gasteiger partial charge in [-0.15, -0.1) is 10.2 Å². The number of azo groups is 1. The minimum atomic E-state index is -5.19. The molecule has 0 aliphatic heterocycles. The molecule has 254 valence electrons. The van der Waals surface area contributed by atoms with Gasteiger partial charge in [0.15, 0.2) is 21.4 Å². The molecule has 24 heteroatoms. The van der Waals surface area contributed by atoms with Crippen LogP contribution in [-0.4, -0.2) is 59.0 Å².